The summed E-state index contributed by atoms with van der Waals surface area (Å²) in [4.78, 5) is 3.38. The van der Waals surface area contributed by atoms with Crippen molar-refractivity contribution in [1.29, 1.82) is 0 Å². The van der Waals surface area contributed by atoms with Crippen LogP contribution in [-0.4, -0.2) is 0 Å². The van der Waals surface area contributed by atoms with Gasteiger partial charge in [-0.1, -0.05) is 188 Å². The maximum Gasteiger partial charge on any atom is 0.205 e. The van der Waals surface area contributed by atoms with Crippen LogP contribution in [0.15, 0.2) is 224 Å². The zero-order valence-electron chi connectivity index (χ0n) is 34.0. The minimum Gasteiger partial charge on any atom is -0.448 e. The molecule has 0 N–H and O–H groups in total. The van der Waals surface area contributed by atoms with Gasteiger partial charge in [0.05, 0.1) is 10.3 Å². The number of thiophene rings is 1. The third-order valence-corrected chi connectivity index (χ3v) is 14.2. The minimum absolute atomic E-state index is 0.489. The van der Waals surface area contributed by atoms with Gasteiger partial charge < -0.3 is 9.47 Å². The first-order valence-electron chi connectivity index (χ1n) is 21.4. The molecule has 1 aromatic heterocycles. The van der Waals surface area contributed by atoms with Crippen LogP contribution in [0.4, 0.5) is 16.4 Å². The van der Waals surface area contributed by atoms with Crippen LogP contribution in [0, 0.1) is 0 Å². The molecular formula is C59H37NO2S. The van der Waals surface area contributed by atoms with E-state index in [1.807, 2.05) is 24.3 Å². The van der Waals surface area contributed by atoms with Crippen LogP contribution in [0.25, 0.3) is 54.9 Å². The first kappa shape index (κ1) is 35.8. The highest BCUT2D eigenvalue weighted by molar-refractivity contribution is 7.20. The molecule has 0 saturated carbocycles. The number of hydrogen-bond acceptors (Lipinski definition) is 4. The Morgan fingerprint density at radius 2 is 0.746 bits per heavy atom. The summed E-state index contributed by atoms with van der Waals surface area (Å²) in [7, 11) is 0. The number of para-hydroxylation sites is 2. The van der Waals surface area contributed by atoms with Gasteiger partial charge in [-0.25, -0.2) is 0 Å². The van der Waals surface area contributed by atoms with Gasteiger partial charge >= 0.3 is 0 Å². The molecule has 63 heavy (non-hydrogen) atoms. The third kappa shape index (κ3) is 5.38. The predicted molar refractivity (Wildman–Crippen MR) is 258 cm³/mol. The number of anilines is 3. The number of rotatable bonds is 6. The molecule has 4 heteroatoms. The van der Waals surface area contributed by atoms with E-state index in [1.165, 1.54) is 55.6 Å². The van der Waals surface area contributed by atoms with Gasteiger partial charge in [-0.05, 0) is 109 Å². The van der Waals surface area contributed by atoms with Gasteiger partial charge in [0.15, 0.2) is 17.2 Å². The Hall–Kier alpha value is -7.92. The standard InChI is InChI=1S/C59H37NO2S/c1-3-15-38(16-4-1)40-27-29-42(30-28-40)57-55-56(62-54-26-14-13-25-53(54)61-55)58(63-57)60(43-33-31-41(32-34-43)39-17-5-2-6-18-39)44-35-36-48-47-21-9-12-24-51(47)59(52(48)37-44)49-22-10-7-19-45(49)46-20-8-11-23-50(46)59/h1-37H. The maximum absolute atomic E-state index is 6.99. The van der Waals surface area contributed by atoms with Gasteiger partial charge in [0.1, 0.15) is 5.00 Å². The highest BCUT2D eigenvalue weighted by Crippen LogP contribution is 2.65. The Morgan fingerprint density at radius 3 is 1.30 bits per heavy atom. The minimum atomic E-state index is -0.489. The molecule has 0 radical (unpaired) electrons. The number of ether oxygens (including phenoxy) is 2. The Bertz CT molecular complexity index is 3330. The summed E-state index contributed by atoms with van der Waals surface area (Å²) in [5, 5.41) is 0.936. The van der Waals surface area contributed by atoms with E-state index in [1.54, 1.807) is 11.3 Å². The monoisotopic (exact) mass is 823 g/mol. The Kier molecular flexibility index (Phi) is 7.99. The molecular weight excluding hydrogens is 787 g/mol. The van der Waals surface area contributed by atoms with E-state index in [0.717, 1.165) is 43.7 Å². The third-order valence-electron chi connectivity index (χ3n) is 13.0. The van der Waals surface area contributed by atoms with Crippen molar-refractivity contribution >= 4 is 27.7 Å². The Balaban J connectivity index is 1.05. The Morgan fingerprint density at radius 1 is 0.333 bits per heavy atom. The maximum atomic E-state index is 6.99. The molecule has 1 spiro atoms. The highest BCUT2D eigenvalue weighted by atomic mass is 32.1. The van der Waals surface area contributed by atoms with Crippen LogP contribution in [0.2, 0.25) is 0 Å². The highest BCUT2D eigenvalue weighted by Gasteiger charge is 2.51. The second kappa shape index (κ2) is 14.1. The molecule has 0 fully saturated rings. The molecule has 0 bridgehead atoms. The van der Waals surface area contributed by atoms with Gasteiger partial charge in [0, 0.05) is 11.4 Å². The summed E-state index contributed by atoms with van der Waals surface area (Å²) in [6.07, 6.45) is 0. The molecule has 0 saturated heterocycles. The van der Waals surface area contributed by atoms with E-state index in [4.69, 9.17) is 9.47 Å². The number of fused-ring (bicyclic) bond motifs is 12. The van der Waals surface area contributed by atoms with Gasteiger partial charge in [0.2, 0.25) is 5.75 Å². The van der Waals surface area contributed by atoms with Gasteiger partial charge in [-0.2, -0.15) is 0 Å². The van der Waals surface area contributed by atoms with Crippen molar-refractivity contribution in [1.82, 2.24) is 0 Å². The summed E-state index contributed by atoms with van der Waals surface area (Å²) >= 11 is 1.70. The van der Waals surface area contributed by atoms with E-state index in [0.29, 0.717) is 17.2 Å². The van der Waals surface area contributed by atoms with E-state index in [2.05, 4.69) is 205 Å². The molecule has 2 aliphatic carbocycles. The lowest BCUT2D eigenvalue weighted by Gasteiger charge is -2.32. The first-order valence-corrected chi connectivity index (χ1v) is 22.2. The van der Waals surface area contributed by atoms with Gasteiger partial charge in [0.25, 0.3) is 0 Å². The summed E-state index contributed by atoms with van der Waals surface area (Å²) < 4.78 is 13.9. The zero-order chi connectivity index (χ0) is 41.5. The van der Waals surface area contributed by atoms with Crippen molar-refractivity contribution in [3.63, 3.8) is 0 Å². The van der Waals surface area contributed by atoms with E-state index < -0.39 is 5.41 Å². The summed E-state index contributed by atoms with van der Waals surface area (Å²) in [6.45, 7) is 0. The van der Waals surface area contributed by atoms with Gasteiger partial charge in [-0.15, -0.1) is 11.3 Å². The Labute approximate surface area is 370 Å². The first-order chi connectivity index (χ1) is 31.2. The molecule has 0 unspecified atom stereocenters. The summed E-state index contributed by atoms with van der Waals surface area (Å²) in [5.74, 6) is 2.81. The van der Waals surface area contributed by atoms with Crippen molar-refractivity contribution in [3.05, 3.63) is 247 Å². The fourth-order valence-corrected chi connectivity index (χ4v) is 11.4. The van der Waals surface area contributed by atoms with Crippen molar-refractivity contribution in [3.8, 4) is 77.9 Å². The normalized spacial score (nSPS) is 13.1. The second-order valence-corrected chi connectivity index (χ2v) is 17.4. The largest absolute Gasteiger partial charge is 0.448 e. The predicted octanol–water partition coefficient (Wildman–Crippen LogP) is 16.5. The van der Waals surface area contributed by atoms with Crippen LogP contribution in [-0.2, 0) is 5.41 Å². The quantitative estimate of drug-likeness (QED) is 0.167. The lowest BCUT2D eigenvalue weighted by molar-refractivity contribution is 0.364. The fraction of sp³-hybridized carbons (Fsp3) is 0.0169. The van der Waals surface area contributed by atoms with Crippen molar-refractivity contribution in [2.24, 2.45) is 0 Å². The number of hydrogen-bond donors (Lipinski definition) is 0. The van der Waals surface area contributed by atoms with Crippen molar-refractivity contribution < 1.29 is 9.47 Å². The number of nitrogens with zero attached hydrogens (tertiary/aromatic N) is 1. The van der Waals surface area contributed by atoms with Crippen LogP contribution < -0.4 is 14.4 Å². The molecule has 13 rings (SSSR count). The number of benzene rings is 9. The topological polar surface area (TPSA) is 21.7 Å². The molecule has 0 amide bonds. The smallest absolute Gasteiger partial charge is 0.205 e. The van der Waals surface area contributed by atoms with Gasteiger partial charge in [-0.3, -0.25) is 4.90 Å². The lowest BCUT2D eigenvalue weighted by Crippen LogP contribution is -2.26. The van der Waals surface area contributed by atoms with E-state index >= 15 is 0 Å². The molecule has 2 heterocycles. The molecule has 3 nitrogen and oxygen atoms in total. The molecule has 10 aromatic rings. The zero-order valence-corrected chi connectivity index (χ0v) is 34.9. The van der Waals surface area contributed by atoms with Crippen LogP contribution in [0.5, 0.6) is 23.0 Å². The van der Waals surface area contributed by atoms with Crippen molar-refractivity contribution in [2.45, 2.75) is 5.41 Å². The molecule has 3 aliphatic rings. The van der Waals surface area contributed by atoms with E-state index in [-0.39, 0.29) is 0 Å². The van der Waals surface area contributed by atoms with Crippen LogP contribution in [0.3, 0.4) is 0 Å². The van der Waals surface area contributed by atoms with Crippen LogP contribution >= 0.6 is 11.3 Å². The second-order valence-electron chi connectivity index (χ2n) is 16.4. The molecule has 1 aliphatic heterocycles. The lowest BCUT2D eigenvalue weighted by atomic mass is 9.70. The SMILES string of the molecule is c1ccc(-c2ccc(-c3sc(N(c4ccc(-c5ccccc5)cc4)c4ccc5c(c4)C4(c6ccccc6-c6ccccc64)c4ccccc4-5)c4c3Oc3ccccc3O4)cc2)cc1. The molecule has 0 atom stereocenters. The average Bonchev–Trinajstić information content (AvgIpc) is 3.98. The van der Waals surface area contributed by atoms with Crippen LogP contribution in [0.1, 0.15) is 22.3 Å². The summed E-state index contributed by atoms with van der Waals surface area (Å²) in [5.41, 5.74) is 17.6. The molecule has 9 aromatic carbocycles. The summed E-state index contributed by atoms with van der Waals surface area (Å²) in [6, 6.07) is 80.8. The molecule has 296 valence electrons. The van der Waals surface area contributed by atoms with Crippen molar-refractivity contribution in [2.75, 3.05) is 4.90 Å². The fourth-order valence-electron chi connectivity index (χ4n) is 10.2. The van der Waals surface area contributed by atoms with E-state index in [9.17, 15) is 0 Å². The average molecular weight is 824 g/mol.